The van der Waals surface area contributed by atoms with Crippen molar-refractivity contribution in [2.75, 3.05) is 156 Å². The van der Waals surface area contributed by atoms with Crippen LogP contribution >= 0.6 is 0 Å². The molecule has 0 bridgehead atoms. The smallest absolute Gasteiger partial charge is 0.328 e. The van der Waals surface area contributed by atoms with Gasteiger partial charge in [-0.3, -0.25) is 0 Å². The molecule has 19 heteroatoms. The number of fused-ring (bicyclic) bond motifs is 1. The Balaban J connectivity index is 0.906. The van der Waals surface area contributed by atoms with E-state index in [4.69, 9.17) is 52.7 Å². The average Bonchev–Trinajstić information content (AvgIpc) is 3.72. The highest BCUT2D eigenvalue weighted by Crippen LogP contribution is 2.29. The number of hydrogen-bond donors (Lipinski definition) is 3. The van der Waals surface area contributed by atoms with E-state index in [0.717, 1.165) is 66.7 Å². The molecule has 0 spiro atoms. The third-order valence-corrected chi connectivity index (χ3v) is 9.94. The van der Waals surface area contributed by atoms with Gasteiger partial charge in [0.05, 0.1) is 112 Å². The molecule has 3 aromatic rings. The number of aromatic nitrogens is 4. The van der Waals surface area contributed by atoms with Crippen LogP contribution in [0.3, 0.4) is 0 Å². The van der Waals surface area contributed by atoms with Gasteiger partial charge in [0.15, 0.2) is 5.65 Å². The molecule has 19 nitrogen and oxygen atoms in total. The van der Waals surface area contributed by atoms with Crippen LogP contribution in [0.4, 0.5) is 11.6 Å². The number of piperidine rings is 1. The van der Waals surface area contributed by atoms with E-state index in [9.17, 15) is 9.90 Å². The first-order chi connectivity index (χ1) is 31.0. The molecule has 0 radical (unpaired) electrons. The maximum atomic E-state index is 10.5. The number of aliphatic hydroxyl groups is 1. The van der Waals surface area contributed by atoms with Crippen LogP contribution in [0.25, 0.3) is 5.65 Å². The molecule has 354 valence electrons. The van der Waals surface area contributed by atoms with Crippen molar-refractivity contribution in [1.29, 1.82) is 0 Å². The van der Waals surface area contributed by atoms with Gasteiger partial charge in [-0.05, 0) is 44.7 Å². The summed E-state index contributed by atoms with van der Waals surface area (Å²) in [6.45, 7) is 13.1. The Hall–Kier alpha value is -4.02. The first kappa shape index (κ1) is 51.6. The molecule has 63 heavy (non-hydrogen) atoms. The molecule has 4 heterocycles. The molecule has 1 aliphatic rings. The molecule has 0 amide bonds. The van der Waals surface area contributed by atoms with Crippen molar-refractivity contribution in [1.82, 2.24) is 24.5 Å². The Labute approximate surface area is 371 Å². The van der Waals surface area contributed by atoms with Crippen LogP contribution in [0.15, 0.2) is 42.7 Å². The quantitative estimate of drug-likeness (QED) is 0.0559. The number of pyridine rings is 1. The Morgan fingerprint density at radius 2 is 1.41 bits per heavy atom. The number of aliphatic hydroxyl groups excluding tert-OH is 1. The van der Waals surface area contributed by atoms with E-state index in [2.05, 4.69) is 33.3 Å². The minimum atomic E-state index is -0.945. The predicted octanol–water partition coefficient (Wildman–Crippen LogP) is 3.12. The third kappa shape index (κ3) is 21.5. The van der Waals surface area contributed by atoms with Gasteiger partial charge in [-0.25, -0.2) is 14.8 Å². The van der Waals surface area contributed by atoms with Gasteiger partial charge in [-0.1, -0.05) is 19.1 Å². The zero-order valence-corrected chi connectivity index (χ0v) is 37.4. The summed E-state index contributed by atoms with van der Waals surface area (Å²) < 4.78 is 51.9. The number of aliphatic carboxylic acids is 1. The largest absolute Gasteiger partial charge is 0.478 e. The highest BCUT2D eigenvalue weighted by molar-refractivity contribution is 5.79. The summed E-state index contributed by atoms with van der Waals surface area (Å²) in [4.78, 5) is 24.3. The van der Waals surface area contributed by atoms with Gasteiger partial charge in [-0.15, -0.1) is 0 Å². The zero-order valence-electron chi connectivity index (χ0n) is 37.4. The van der Waals surface area contributed by atoms with Crippen LogP contribution in [0, 0.1) is 0 Å². The number of carboxylic acid groups (broad SMARTS) is 1. The van der Waals surface area contributed by atoms with E-state index in [1.807, 2.05) is 34.8 Å². The van der Waals surface area contributed by atoms with E-state index in [1.165, 1.54) is 6.42 Å². The van der Waals surface area contributed by atoms with Crippen molar-refractivity contribution in [3.8, 4) is 5.88 Å². The first-order valence-corrected chi connectivity index (χ1v) is 22.2. The maximum absolute atomic E-state index is 10.5. The number of aryl methyl sites for hydroxylation is 1. The molecular weight excluding hydrogens is 819 g/mol. The lowest BCUT2D eigenvalue weighted by atomic mass is 9.99. The molecule has 3 N–H and O–H groups in total. The lowest BCUT2D eigenvalue weighted by Crippen LogP contribution is -2.40. The lowest BCUT2D eigenvalue weighted by molar-refractivity contribution is -0.131. The summed E-state index contributed by atoms with van der Waals surface area (Å²) in [5.74, 6) is 1.37. The van der Waals surface area contributed by atoms with Crippen LogP contribution < -0.4 is 15.0 Å². The SMILES string of the molecule is CCc1cnn2c(NCc3ccc(OCCOCCOCCOCCOCCOCCOCCOCCOCCN(C)C/C=C/C(=O)O)nc3)cc(N3CCCC[C@H]3CCO)nc12. The Morgan fingerprint density at radius 1 is 0.825 bits per heavy atom. The van der Waals surface area contributed by atoms with Crippen molar-refractivity contribution < 1.29 is 57.6 Å². The van der Waals surface area contributed by atoms with Gasteiger partial charge in [0.1, 0.15) is 18.2 Å². The van der Waals surface area contributed by atoms with Gasteiger partial charge in [0, 0.05) is 68.8 Å². The molecule has 1 fully saturated rings. The molecule has 0 unspecified atom stereocenters. The van der Waals surface area contributed by atoms with E-state index >= 15 is 0 Å². The second-order valence-corrected chi connectivity index (χ2v) is 14.7. The minimum Gasteiger partial charge on any atom is -0.478 e. The van der Waals surface area contributed by atoms with Crippen molar-refractivity contribution in [2.45, 2.75) is 51.6 Å². The Morgan fingerprint density at radius 3 is 1.95 bits per heavy atom. The van der Waals surface area contributed by atoms with Crippen LogP contribution in [0.2, 0.25) is 0 Å². The van der Waals surface area contributed by atoms with Crippen molar-refractivity contribution in [2.24, 2.45) is 0 Å². The fraction of sp³-hybridized carbons (Fsp3) is 0.682. The molecule has 4 rings (SSSR count). The fourth-order valence-electron chi connectivity index (χ4n) is 6.55. The molecule has 1 atom stereocenters. The van der Waals surface area contributed by atoms with Crippen LogP contribution in [-0.4, -0.2) is 192 Å². The topological polar surface area (TPSA) is 202 Å². The molecule has 0 saturated carbocycles. The van der Waals surface area contributed by atoms with E-state index in [-0.39, 0.29) is 12.6 Å². The van der Waals surface area contributed by atoms with E-state index in [1.54, 1.807) is 12.3 Å². The highest BCUT2D eigenvalue weighted by Gasteiger charge is 2.25. The zero-order chi connectivity index (χ0) is 44.6. The van der Waals surface area contributed by atoms with E-state index in [0.29, 0.717) is 138 Å². The van der Waals surface area contributed by atoms with Gasteiger partial charge in [0.25, 0.3) is 0 Å². The summed E-state index contributed by atoms with van der Waals surface area (Å²) in [5, 5.41) is 26.4. The van der Waals surface area contributed by atoms with Crippen molar-refractivity contribution in [3.05, 3.63) is 53.9 Å². The van der Waals surface area contributed by atoms with Crippen LogP contribution in [-0.2, 0) is 55.7 Å². The van der Waals surface area contributed by atoms with Crippen molar-refractivity contribution >= 4 is 23.3 Å². The normalized spacial score (nSPS) is 14.4. The van der Waals surface area contributed by atoms with E-state index < -0.39 is 5.97 Å². The Kier molecular flexibility index (Phi) is 26.7. The lowest BCUT2D eigenvalue weighted by Gasteiger charge is -2.36. The summed E-state index contributed by atoms with van der Waals surface area (Å²) in [7, 11) is 1.90. The average molecular weight is 890 g/mol. The number of hydrogen-bond acceptors (Lipinski definition) is 17. The maximum Gasteiger partial charge on any atom is 0.328 e. The number of anilines is 2. The molecule has 3 aromatic heterocycles. The summed E-state index contributed by atoms with van der Waals surface area (Å²) in [6, 6.07) is 6.20. The van der Waals surface area contributed by atoms with Crippen LogP contribution in [0.5, 0.6) is 5.88 Å². The molecule has 0 aromatic carbocycles. The second kappa shape index (κ2) is 32.6. The second-order valence-electron chi connectivity index (χ2n) is 14.7. The number of likely N-dealkylation sites (N-methyl/N-ethyl adjacent to an activating group) is 1. The Bertz CT molecular complexity index is 1670. The van der Waals surface area contributed by atoms with Gasteiger partial charge >= 0.3 is 5.97 Å². The fourth-order valence-corrected chi connectivity index (χ4v) is 6.55. The summed E-state index contributed by atoms with van der Waals surface area (Å²) >= 11 is 0. The number of carboxylic acids is 1. The highest BCUT2D eigenvalue weighted by atomic mass is 16.6. The first-order valence-electron chi connectivity index (χ1n) is 22.2. The molecular formula is C44H71N7O12. The number of nitrogens with one attached hydrogen (secondary N) is 1. The molecule has 1 saturated heterocycles. The number of rotatable bonds is 38. The minimum absolute atomic E-state index is 0.171. The van der Waals surface area contributed by atoms with Gasteiger partial charge < -0.3 is 68.0 Å². The number of ether oxygens (including phenoxy) is 9. The predicted molar refractivity (Wildman–Crippen MR) is 237 cm³/mol. The number of carbonyl (C=O) groups is 1. The summed E-state index contributed by atoms with van der Waals surface area (Å²) in [5.41, 5.74) is 2.96. The van der Waals surface area contributed by atoms with Gasteiger partial charge in [0.2, 0.25) is 5.88 Å². The third-order valence-electron chi connectivity index (χ3n) is 9.94. The summed E-state index contributed by atoms with van der Waals surface area (Å²) in [6.07, 6.45) is 11.4. The standard InChI is InChI=1S/C44H71N7O12/c1-3-38-36-47-51-40(33-41(48-44(38)51)50-13-5-4-7-39(50)11-15-52)45-34-37-9-10-42(46-35-37)63-32-31-62-30-29-61-28-27-60-26-25-59-24-23-58-22-21-57-20-19-56-18-17-55-16-14-49(2)12-6-8-43(53)54/h6,8-10,33,35-36,39,45,52H,3-5,7,11-32,34H2,1-2H3,(H,53,54)/b8-6+/t39-/m0/s1. The monoisotopic (exact) mass is 890 g/mol. The molecule has 1 aliphatic heterocycles. The van der Waals surface area contributed by atoms with Gasteiger partial charge in [-0.2, -0.15) is 9.61 Å². The van der Waals surface area contributed by atoms with Crippen molar-refractivity contribution in [3.63, 3.8) is 0 Å². The number of nitrogens with zero attached hydrogens (tertiary/aromatic N) is 6. The molecule has 0 aliphatic carbocycles. The van der Waals surface area contributed by atoms with Crippen LogP contribution in [0.1, 0.15) is 43.7 Å².